The number of rotatable bonds is 2. The van der Waals surface area contributed by atoms with Gasteiger partial charge in [0.2, 0.25) is 0 Å². The summed E-state index contributed by atoms with van der Waals surface area (Å²) in [5, 5.41) is 10.1. The lowest BCUT2D eigenvalue weighted by molar-refractivity contribution is 0.104. The number of hydrogen-bond acceptors (Lipinski definition) is 2. The highest BCUT2D eigenvalue weighted by molar-refractivity contribution is 6.35. The molecular formula is C16H9ClN2O. The average Bonchev–Trinajstić information content (AvgIpc) is 2.90. The molecule has 0 saturated carbocycles. The first-order valence-electron chi connectivity index (χ1n) is 6.01. The predicted molar refractivity (Wildman–Crippen MR) is 77.9 cm³/mol. The van der Waals surface area contributed by atoms with Crippen LogP contribution in [0.5, 0.6) is 0 Å². The number of nitrogens with zero attached hydrogens (tertiary/aromatic N) is 1. The summed E-state index contributed by atoms with van der Waals surface area (Å²) in [6.07, 6.45) is 1.65. The van der Waals surface area contributed by atoms with E-state index in [4.69, 9.17) is 16.9 Å². The quantitative estimate of drug-likeness (QED) is 0.723. The fourth-order valence-corrected chi connectivity index (χ4v) is 2.40. The third-order valence-corrected chi connectivity index (χ3v) is 3.50. The van der Waals surface area contributed by atoms with Crippen molar-refractivity contribution >= 4 is 28.3 Å². The number of carbonyl (C=O) groups is 1. The number of hydrogen-bond donors (Lipinski definition) is 1. The number of fused-ring (bicyclic) bond motifs is 1. The Labute approximate surface area is 120 Å². The minimum absolute atomic E-state index is 0.133. The van der Waals surface area contributed by atoms with E-state index in [9.17, 15) is 4.79 Å². The molecule has 96 valence electrons. The van der Waals surface area contributed by atoms with Crippen molar-refractivity contribution in [2.45, 2.75) is 0 Å². The monoisotopic (exact) mass is 280 g/mol. The summed E-state index contributed by atoms with van der Waals surface area (Å²) in [6, 6.07) is 14.2. The van der Waals surface area contributed by atoms with E-state index in [-0.39, 0.29) is 5.78 Å². The van der Waals surface area contributed by atoms with Crippen molar-refractivity contribution in [2.24, 2.45) is 0 Å². The van der Waals surface area contributed by atoms with Crippen molar-refractivity contribution in [3.8, 4) is 6.07 Å². The molecule has 0 amide bonds. The third-order valence-electron chi connectivity index (χ3n) is 3.17. The summed E-state index contributed by atoms with van der Waals surface area (Å²) in [5.74, 6) is -0.133. The predicted octanol–water partition coefficient (Wildman–Crippen LogP) is 3.92. The van der Waals surface area contributed by atoms with Gasteiger partial charge in [0, 0.05) is 28.2 Å². The molecule has 0 radical (unpaired) electrons. The van der Waals surface area contributed by atoms with E-state index in [2.05, 4.69) is 11.1 Å². The number of aromatic amines is 1. The van der Waals surface area contributed by atoms with Gasteiger partial charge in [-0.05, 0) is 24.3 Å². The summed E-state index contributed by atoms with van der Waals surface area (Å²) in [6.45, 7) is 0. The topological polar surface area (TPSA) is 56.6 Å². The van der Waals surface area contributed by atoms with Gasteiger partial charge in [0.05, 0.1) is 16.7 Å². The number of aromatic nitrogens is 1. The maximum Gasteiger partial charge on any atom is 0.196 e. The van der Waals surface area contributed by atoms with E-state index >= 15 is 0 Å². The number of halogens is 1. The SMILES string of the molecule is N#Cc1ccc2c(C(=O)c3ccccc3Cl)c[nH]c2c1. The Morgan fingerprint density at radius 3 is 2.70 bits per heavy atom. The minimum Gasteiger partial charge on any atom is -0.360 e. The van der Waals surface area contributed by atoms with Gasteiger partial charge in [-0.1, -0.05) is 29.8 Å². The molecule has 0 aliphatic rings. The standard InChI is InChI=1S/C16H9ClN2O/c17-14-4-2-1-3-12(14)16(20)13-9-19-15-7-10(8-18)5-6-11(13)15/h1-7,9,19H. The summed E-state index contributed by atoms with van der Waals surface area (Å²) in [4.78, 5) is 15.5. The maximum absolute atomic E-state index is 12.5. The molecule has 0 aliphatic carbocycles. The summed E-state index contributed by atoms with van der Waals surface area (Å²) >= 11 is 6.06. The minimum atomic E-state index is -0.133. The Morgan fingerprint density at radius 1 is 1.15 bits per heavy atom. The molecule has 0 saturated heterocycles. The van der Waals surface area contributed by atoms with E-state index in [1.165, 1.54) is 0 Å². The number of benzene rings is 2. The zero-order valence-corrected chi connectivity index (χ0v) is 11.1. The molecule has 1 N–H and O–H groups in total. The highest BCUT2D eigenvalue weighted by Gasteiger charge is 2.16. The summed E-state index contributed by atoms with van der Waals surface area (Å²) in [7, 11) is 0. The lowest BCUT2D eigenvalue weighted by Gasteiger charge is -2.02. The van der Waals surface area contributed by atoms with Crippen molar-refractivity contribution in [2.75, 3.05) is 0 Å². The summed E-state index contributed by atoms with van der Waals surface area (Å²) < 4.78 is 0. The molecule has 1 aromatic heterocycles. The van der Waals surface area contributed by atoms with Crippen LogP contribution in [0.3, 0.4) is 0 Å². The van der Waals surface area contributed by atoms with Crippen LogP contribution in [0, 0.1) is 11.3 Å². The number of carbonyl (C=O) groups excluding carboxylic acids is 1. The lowest BCUT2D eigenvalue weighted by Crippen LogP contribution is -2.00. The Bertz CT molecular complexity index is 858. The van der Waals surface area contributed by atoms with Crippen LogP contribution in [0.15, 0.2) is 48.7 Å². The van der Waals surface area contributed by atoms with Crippen LogP contribution in [0.4, 0.5) is 0 Å². The fourth-order valence-electron chi connectivity index (χ4n) is 2.17. The largest absolute Gasteiger partial charge is 0.360 e. The van der Waals surface area contributed by atoms with Gasteiger partial charge in [0.15, 0.2) is 5.78 Å². The van der Waals surface area contributed by atoms with Crippen LogP contribution in [-0.2, 0) is 0 Å². The third kappa shape index (κ3) is 1.97. The van der Waals surface area contributed by atoms with Crippen LogP contribution in [0.25, 0.3) is 10.9 Å². The van der Waals surface area contributed by atoms with Gasteiger partial charge in [0.1, 0.15) is 0 Å². The fraction of sp³-hybridized carbons (Fsp3) is 0. The molecule has 1 heterocycles. The number of ketones is 1. The maximum atomic E-state index is 12.5. The molecule has 0 fully saturated rings. The van der Waals surface area contributed by atoms with Crippen molar-refractivity contribution in [1.82, 2.24) is 4.98 Å². The Kier molecular flexibility index (Phi) is 3.02. The molecule has 0 aliphatic heterocycles. The van der Waals surface area contributed by atoms with E-state index < -0.39 is 0 Å². The second-order valence-corrected chi connectivity index (χ2v) is 4.79. The first-order valence-corrected chi connectivity index (χ1v) is 6.39. The van der Waals surface area contributed by atoms with E-state index in [0.717, 1.165) is 10.9 Å². The van der Waals surface area contributed by atoms with Crippen molar-refractivity contribution < 1.29 is 4.79 Å². The molecule has 3 rings (SSSR count). The molecule has 0 bridgehead atoms. The molecular weight excluding hydrogens is 272 g/mol. The van der Waals surface area contributed by atoms with E-state index in [0.29, 0.717) is 21.7 Å². The van der Waals surface area contributed by atoms with Crippen molar-refractivity contribution in [3.63, 3.8) is 0 Å². The number of nitrogens with one attached hydrogen (secondary N) is 1. The molecule has 0 atom stereocenters. The van der Waals surface area contributed by atoms with Gasteiger partial charge in [-0.25, -0.2) is 0 Å². The first kappa shape index (κ1) is 12.5. The van der Waals surface area contributed by atoms with Gasteiger partial charge < -0.3 is 4.98 Å². The Hall–Kier alpha value is -2.57. The van der Waals surface area contributed by atoms with Crippen LogP contribution in [0.2, 0.25) is 5.02 Å². The molecule has 20 heavy (non-hydrogen) atoms. The highest BCUT2D eigenvalue weighted by Crippen LogP contribution is 2.25. The molecule has 0 unspecified atom stereocenters. The van der Waals surface area contributed by atoms with Crippen LogP contribution in [-0.4, -0.2) is 10.8 Å². The number of H-pyrrole nitrogens is 1. The molecule has 3 nitrogen and oxygen atoms in total. The molecule has 4 heteroatoms. The van der Waals surface area contributed by atoms with Gasteiger partial charge in [0.25, 0.3) is 0 Å². The first-order chi connectivity index (χ1) is 9.70. The van der Waals surface area contributed by atoms with Crippen LogP contribution in [0.1, 0.15) is 21.5 Å². The number of nitriles is 1. The average molecular weight is 281 g/mol. The Balaban J connectivity index is 2.14. The van der Waals surface area contributed by atoms with Crippen molar-refractivity contribution in [1.29, 1.82) is 5.26 Å². The van der Waals surface area contributed by atoms with E-state index in [1.54, 1.807) is 48.7 Å². The van der Waals surface area contributed by atoms with Crippen molar-refractivity contribution in [3.05, 3.63) is 70.4 Å². The normalized spacial score (nSPS) is 10.4. The second kappa shape index (κ2) is 4.84. The summed E-state index contributed by atoms with van der Waals surface area (Å²) in [5.41, 5.74) is 2.34. The second-order valence-electron chi connectivity index (χ2n) is 4.38. The van der Waals surface area contributed by atoms with Gasteiger partial charge in [-0.2, -0.15) is 5.26 Å². The molecule has 3 aromatic rings. The zero-order chi connectivity index (χ0) is 14.1. The lowest BCUT2D eigenvalue weighted by atomic mass is 10.0. The van der Waals surface area contributed by atoms with E-state index in [1.807, 2.05) is 0 Å². The van der Waals surface area contributed by atoms with Gasteiger partial charge >= 0.3 is 0 Å². The smallest absolute Gasteiger partial charge is 0.196 e. The molecule has 2 aromatic carbocycles. The van der Waals surface area contributed by atoms with Gasteiger partial charge in [-0.3, -0.25) is 4.79 Å². The van der Waals surface area contributed by atoms with Gasteiger partial charge in [-0.15, -0.1) is 0 Å². The Morgan fingerprint density at radius 2 is 1.95 bits per heavy atom. The van der Waals surface area contributed by atoms with Crippen LogP contribution < -0.4 is 0 Å². The van der Waals surface area contributed by atoms with Crippen LogP contribution >= 0.6 is 11.6 Å². The molecule has 0 spiro atoms. The zero-order valence-electron chi connectivity index (χ0n) is 10.4. The highest BCUT2D eigenvalue weighted by atomic mass is 35.5.